The molecule has 0 aromatic carbocycles. The minimum atomic E-state index is -0.581. The van der Waals surface area contributed by atoms with Crippen molar-refractivity contribution in [2.45, 2.75) is 0 Å². The molecule has 0 unspecified atom stereocenters. The van der Waals surface area contributed by atoms with Gasteiger partial charge in [-0.3, -0.25) is 9.89 Å². The fourth-order valence-electron chi connectivity index (χ4n) is 0.890. The van der Waals surface area contributed by atoms with E-state index in [1.165, 1.54) is 0 Å². The minimum Gasteiger partial charge on any atom is -0.366 e. The van der Waals surface area contributed by atoms with Gasteiger partial charge in [-0.05, 0) is 0 Å². The molecule has 0 aliphatic rings. The summed E-state index contributed by atoms with van der Waals surface area (Å²) < 4.78 is 0. The highest BCUT2D eigenvalue weighted by Gasteiger charge is 2.18. The fourth-order valence-corrected chi connectivity index (χ4v) is 0.890. The third kappa shape index (κ3) is 2.42. The molecule has 0 saturated carbocycles. The molecule has 1 aromatic rings. The van der Waals surface area contributed by atoms with Crippen LogP contribution in [0.3, 0.4) is 0 Å². The summed E-state index contributed by atoms with van der Waals surface area (Å²) in [6.07, 6.45) is 0. The second-order valence-electron chi connectivity index (χ2n) is 2.52. The lowest BCUT2D eigenvalue weighted by Gasteiger charge is -2.12. The minimum absolute atomic E-state index is 0.0628. The summed E-state index contributed by atoms with van der Waals surface area (Å²) >= 11 is 0. The van der Waals surface area contributed by atoms with Crippen molar-refractivity contribution in [1.29, 1.82) is 10.5 Å². The average Bonchev–Trinajstić information content (AvgIpc) is 2.63. The van der Waals surface area contributed by atoms with Gasteiger partial charge in [-0.1, -0.05) is 0 Å². The van der Waals surface area contributed by atoms with Crippen LogP contribution >= 0.6 is 0 Å². The van der Waals surface area contributed by atoms with E-state index in [9.17, 15) is 4.79 Å². The summed E-state index contributed by atoms with van der Waals surface area (Å²) in [7, 11) is 0. The first-order valence-electron chi connectivity index (χ1n) is 3.90. The molecule has 0 aliphatic carbocycles. The first kappa shape index (κ1) is 10.5. The van der Waals surface area contributed by atoms with Gasteiger partial charge in [0.1, 0.15) is 13.1 Å². The molecule has 0 bridgehead atoms. The molecule has 0 saturated heterocycles. The van der Waals surface area contributed by atoms with Gasteiger partial charge in [-0.15, -0.1) is 5.10 Å². The molecule has 8 nitrogen and oxygen atoms in total. The van der Waals surface area contributed by atoms with Crippen LogP contribution in [0.25, 0.3) is 0 Å². The highest BCUT2D eigenvalue weighted by molar-refractivity contribution is 5.91. The van der Waals surface area contributed by atoms with Crippen molar-refractivity contribution in [3.63, 3.8) is 0 Å². The number of nitrogens with two attached hydrogens (primary N) is 1. The molecule has 1 heterocycles. The van der Waals surface area contributed by atoms with E-state index in [1.807, 2.05) is 0 Å². The number of anilines is 1. The lowest BCUT2D eigenvalue weighted by Crippen LogP contribution is -2.32. The summed E-state index contributed by atoms with van der Waals surface area (Å²) in [4.78, 5) is 16.2. The normalized spacial score (nSPS) is 8.93. The predicted octanol–water partition coefficient (Wildman–Crippen LogP) is -1.12. The number of carbonyl (C=O) groups is 1. The van der Waals surface area contributed by atoms with E-state index < -0.39 is 5.91 Å². The van der Waals surface area contributed by atoms with Gasteiger partial charge in [0, 0.05) is 0 Å². The zero-order chi connectivity index (χ0) is 11.3. The number of nitrogens with one attached hydrogen (secondary N) is 1. The van der Waals surface area contributed by atoms with Crippen LogP contribution in [0.5, 0.6) is 0 Å². The van der Waals surface area contributed by atoms with E-state index in [0.717, 1.165) is 4.90 Å². The lowest BCUT2D eigenvalue weighted by atomic mass is 10.4. The van der Waals surface area contributed by atoms with Crippen molar-refractivity contribution in [1.82, 2.24) is 20.1 Å². The summed E-state index contributed by atoms with van der Waals surface area (Å²) in [5.41, 5.74) is 5.21. The summed E-state index contributed by atoms with van der Waals surface area (Å²) in [6.45, 7) is -0.375. The van der Waals surface area contributed by atoms with Crippen LogP contribution < -0.4 is 5.73 Å². The van der Waals surface area contributed by atoms with Crippen molar-refractivity contribution in [3.8, 4) is 12.1 Å². The molecule has 1 aromatic heterocycles. The van der Waals surface area contributed by atoms with Crippen molar-refractivity contribution < 1.29 is 4.79 Å². The van der Waals surface area contributed by atoms with Gasteiger partial charge in [0.2, 0.25) is 11.8 Å². The molecule has 0 spiro atoms. The zero-order valence-electron chi connectivity index (χ0n) is 7.64. The maximum atomic E-state index is 11.6. The number of hydrogen-bond acceptors (Lipinski definition) is 6. The van der Waals surface area contributed by atoms with Crippen LogP contribution in [0.15, 0.2) is 0 Å². The predicted molar refractivity (Wildman–Crippen MR) is 47.9 cm³/mol. The molecule has 1 rings (SSSR count). The number of nitriles is 2. The molecule has 0 aliphatic heterocycles. The van der Waals surface area contributed by atoms with E-state index in [4.69, 9.17) is 16.3 Å². The van der Waals surface area contributed by atoms with E-state index >= 15 is 0 Å². The van der Waals surface area contributed by atoms with Gasteiger partial charge < -0.3 is 10.6 Å². The number of amides is 1. The molecule has 8 heteroatoms. The first-order valence-corrected chi connectivity index (χ1v) is 3.90. The molecule has 3 N–H and O–H groups in total. The van der Waals surface area contributed by atoms with E-state index in [2.05, 4.69) is 15.2 Å². The Morgan fingerprint density at radius 1 is 1.47 bits per heavy atom. The summed E-state index contributed by atoms with van der Waals surface area (Å²) in [5, 5.41) is 22.7. The number of aromatic nitrogens is 3. The van der Waals surface area contributed by atoms with Gasteiger partial charge in [0.25, 0.3) is 5.91 Å². The van der Waals surface area contributed by atoms with Gasteiger partial charge in [0.05, 0.1) is 12.1 Å². The van der Waals surface area contributed by atoms with Crippen LogP contribution in [0, 0.1) is 22.7 Å². The Bertz CT molecular complexity index is 421. The standard InChI is InChI=1S/C7H7N7O/c8-1-3-14(4-2-9)6(15)5-11-7(10)13-12-5/h3-4H2,(H3,10,11,12,13). The SMILES string of the molecule is N#CCN(CC#N)C(=O)c1nc(N)n[nH]1. The topological polar surface area (TPSA) is 135 Å². The highest BCUT2D eigenvalue weighted by atomic mass is 16.2. The second kappa shape index (κ2) is 4.58. The maximum absolute atomic E-state index is 11.6. The van der Waals surface area contributed by atoms with Crippen molar-refractivity contribution in [2.24, 2.45) is 0 Å². The third-order valence-corrected chi connectivity index (χ3v) is 1.52. The molecule has 0 atom stereocenters. The quantitative estimate of drug-likeness (QED) is 0.599. The molecular formula is C7H7N7O. The maximum Gasteiger partial charge on any atom is 0.292 e. The summed E-state index contributed by atoms with van der Waals surface area (Å²) in [5.74, 6) is -0.729. The second-order valence-corrected chi connectivity index (χ2v) is 2.52. The Labute approximate surface area is 84.9 Å². The van der Waals surface area contributed by atoms with Crippen LogP contribution in [-0.2, 0) is 0 Å². The molecule has 15 heavy (non-hydrogen) atoms. The highest BCUT2D eigenvalue weighted by Crippen LogP contribution is 1.99. The fraction of sp³-hybridized carbons (Fsp3) is 0.286. The molecular weight excluding hydrogens is 198 g/mol. The lowest BCUT2D eigenvalue weighted by molar-refractivity contribution is 0.0783. The van der Waals surface area contributed by atoms with E-state index in [-0.39, 0.29) is 24.9 Å². The number of hydrogen-bond donors (Lipinski definition) is 2. The molecule has 0 fully saturated rings. The third-order valence-electron chi connectivity index (χ3n) is 1.52. The Morgan fingerprint density at radius 2 is 2.07 bits per heavy atom. The first-order chi connectivity index (χ1) is 7.19. The molecule has 1 amide bonds. The van der Waals surface area contributed by atoms with Gasteiger partial charge in [-0.2, -0.15) is 15.5 Å². The average molecular weight is 205 g/mol. The smallest absolute Gasteiger partial charge is 0.292 e. The number of nitrogens with zero attached hydrogens (tertiary/aromatic N) is 5. The van der Waals surface area contributed by atoms with Crippen LogP contribution in [0.2, 0.25) is 0 Å². The van der Waals surface area contributed by atoms with Crippen LogP contribution in [0.4, 0.5) is 5.95 Å². The summed E-state index contributed by atoms with van der Waals surface area (Å²) in [6, 6.07) is 3.54. The van der Waals surface area contributed by atoms with Crippen LogP contribution in [-0.4, -0.2) is 39.1 Å². The van der Waals surface area contributed by atoms with Gasteiger partial charge in [-0.25, -0.2) is 0 Å². The van der Waals surface area contributed by atoms with Crippen molar-refractivity contribution >= 4 is 11.9 Å². The van der Waals surface area contributed by atoms with E-state index in [1.54, 1.807) is 12.1 Å². The Morgan fingerprint density at radius 3 is 2.47 bits per heavy atom. The molecule has 76 valence electrons. The molecule has 0 radical (unpaired) electrons. The Balaban J connectivity index is 2.82. The van der Waals surface area contributed by atoms with Gasteiger partial charge in [0.15, 0.2) is 0 Å². The van der Waals surface area contributed by atoms with Crippen LogP contribution in [0.1, 0.15) is 10.6 Å². The Kier molecular flexibility index (Phi) is 3.20. The zero-order valence-corrected chi connectivity index (χ0v) is 7.64. The number of H-pyrrole nitrogens is 1. The number of nitrogen functional groups attached to an aromatic ring is 1. The number of carbonyl (C=O) groups excluding carboxylic acids is 1. The van der Waals surface area contributed by atoms with Crippen molar-refractivity contribution in [2.75, 3.05) is 18.8 Å². The Hall–Kier alpha value is -2.61. The monoisotopic (exact) mass is 205 g/mol. The number of rotatable bonds is 3. The van der Waals surface area contributed by atoms with Crippen molar-refractivity contribution in [3.05, 3.63) is 5.82 Å². The van der Waals surface area contributed by atoms with E-state index in [0.29, 0.717) is 0 Å². The van der Waals surface area contributed by atoms with Gasteiger partial charge >= 0.3 is 0 Å². The largest absolute Gasteiger partial charge is 0.366 e. The number of aromatic amines is 1.